The van der Waals surface area contributed by atoms with Crippen molar-refractivity contribution in [3.63, 3.8) is 0 Å². The van der Waals surface area contributed by atoms with Crippen LogP contribution in [0.25, 0.3) is 6.08 Å². The Balaban J connectivity index is 1.56. The van der Waals surface area contributed by atoms with Gasteiger partial charge in [-0.25, -0.2) is 0 Å². The molecule has 0 unspecified atom stereocenters. The summed E-state index contributed by atoms with van der Waals surface area (Å²) in [5.74, 6) is 0.793. The zero-order valence-corrected chi connectivity index (χ0v) is 13.3. The van der Waals surface area contributed by atoms with Crippen LogP contribution in [0, 0.1) is 0 Å². The molecule has 0 spiro atoms. The molecule has 1 heterocycles. The maximum absolute atomic E-state index is 12.4. The minimum Gasteiger partial charge on any atom is -0.488 e. The summed E-state index contributed by atoms with van der Waals surface area (Å²) in [6.45, 7) is 2.37. The zero-order valence-electron chi connectivity index (χ0n) is 13.3. The number of aryl methyl sites for hydroxylation is 1. The van der Waals surface area contributed by atoms with Gasteiger partial charge in [-0.05, 0) is 37.5 Å². The van der Waals surface area contributed by atoms with Gasteiger partial charge in [0, 0.05) is 11.6 Å². The molecular formula is C20H21NO2. The highest BCUT2D eigenvalue weighted by Crippen LogP contribution is 2.25. The summed E-state index contributed by atoms with van der Waals surface area (Å²) in [5, 5.41) is 3.06. The SMILES string of the molecule is C[C@H](CCc1ccccc1)NC(=O)C1=Cc2ccccc2OC1. The molecule has 0 bridgehead atoms. The molecule has 1 atom stereocenters. The number of para-hydroxylation sites is 1. The van der Waals surface area contributed by atoms with Crippen LogP contribution in [0.2, 0.25) is 0 Å². The summed E-state index contributed by atoms with van der Waals surface area (Å²) in [6, 6.07) is 18.2. The summed E-state index contributed by atoms with van der Waals surface area (Å²) in [4.78, 5) is 12.4. The predicted octanol–water partition coefficient (Wildman–Crippen LogP) is 3.60. The van der Waals surface area contributed by atoms with E-state index in [0.29, 0.717) is 12.2 Å². The molecule has 0 fully saturated rings. The van der Waals surface area contributed by atoms with Gasteiger partial charge in [-0.3, -0.25) is 4.79 Å². The molecule has 3 heteroatoms. The van der Waals surface area contributed by atoms with Crippen molar-refractivity contribution in [2.45, 2.75) is 25.8 Å². The fraction of sp³-hybridized carbons (Fsp3) is 0.250. The number of nitrogens with one attached hydrogen (secondary N) is 1. The first kappa shape index (κ1) is 15.3. The number of rotatable bonds is 5. The van der Waals surface area contributed by atoms with Crippen molar-refractivity contribution in [2.75, 3.05) is 6.61 Å². The molecular weight excluding hydrogens is 286 g/mol. The lowest BCUT2D eigenvalue weighted by Crippen LogP contribution is -2.35. The monoisotopic (exact) mass is 307 g/mol. The molecule has 2 aromatic carbocycles. The van der Waals surface area contributed by atoms with Gasteiger partial charge in [-0.1, -0.05) is 48.5 Å². The van der Waals surface area contributed by atoms with Gasteiger partial charge in [0.25, 0.3) is 5.91 Å². The van der Waals surface area contributed by atoms with Gasteiger partial charge in [0.1, 0.15) is 12.4 Å². The molecule has 118 valence electrons. The molecule has 1 aliphatic heterocycles. The minimum absolute atomic E-state index is 0.0416. The van der Waals surface area contributed by atoms with Crippen LogP contribution in [0.15, 0.2) is 60.2 Å². The third-order valence-electron chi connectivity index (χ3n) is 4.01. The first-order chi connectivity index (χ1) is 11.2. The summed E-state index contributed by atoms with van der Waals surface area (Å²) in [5.41, 5.74) is 2.93. The molecule has 3 rings (SSSR count). The Morgan fingerprint density at radius 2 is 1.87 bits per heavy atom. The van der Waals surface area contributed by atoms with E-state index in [1.54, 1.807) is 0 Å². The number of amides is 1. The van der Waals surface area contributed by atoms with E-state index in [4.69, 9.17) is 4.74 Å². The van der Waals surface area contributed by atoms with Crippen molar-refractivity contribution in [1.82, 2.24) is 5.32 Å². The second kappa shape index (κ2) is 7.14. The number of hydrogen-bond donors (Lipinski definition) is 1. The molecule has 0 saturated heterocycles. The Labute approximate surface area is 137 Å². The molecule has 0 saturated carbocycles. The maximum atomic E-state index is 12.4. The third kappa shape index (κ3) is 4.01. The molecule has 1 aliphatic rings. The summed E-state index contributed by atoms with van der Waals surface area (Å²) >= 11 is 0. The largest absolute Gasteiger partial charge is 0.488 e. The fourth-order valence-corrected chi connectivity index (χ4v) is 2.66. The van der Waals surface area contributed by atoms with E-state index < -0.39 is 0 Å². The number of carbonyl (C=O) groups is 1. The van der Waals surface area contributed by atoms with Crippen molar-refractivity contribution in [3.05, 3.63) is 71.3 Å². The lowest BCUT2D eigenvalue weighted by atomic mass is 10.0. The highest BCUT2D eigenvalue weighted by molar-refractivity contribution is 5.99. The van der Waals surface area contributed by atoms with Crippen LogP contribution >= 0.6 is 0 Å². The average Bonchev–Trinajstić information content (AvgIpc) is 2.60. The van der Waals surface area contributed by atoms with Gasteiger partial charge < -0.3 is 10.1 Å². The van der Waals surface area contributed by atoms with E-state index in [9.17, 15) is 4.79 Å². The van der Waals surface area contributed by atoms with Gasteiger partial charge in [0.2, 0.25) is 0 Å². The molecule has 0 aliphatic carbocycles. The van der Waals surface area contributed by atoms with E-state index in [-0.39, 0.29) is 11.9 Å². The molecule has 0 aromatic heterocycles. The highest BCUT2D eigenvalue weighted by atomic mass is 16.5. The van der Waals surface area contributed by atoms with Crippen molar-refractivity contribution in [1.29, 1.82) is 0 Å². The summed E-state index contributed by atoms with van der Waals surface area (Å²) in [6.07, 6.45) is 3.79. The van der Waals surface area contributed by atoms with Gasteiger partial charge in [0.05, 0.1) is 5.57 Å². The second-order valence-corrected chi connectivity index (χ2v) is 5.89. The van der Waals surface area contributed by atoms with E-state index in [1.165, 1.54) is 5.56 Å². The second-order valence-electron chi connectivity index (χ2n) is 5.89. The van der Waals surface area contributed by atoms with Crippen molar-refractivity contribution < 1.29 is 9.53 Å². The van der Waals surface area contributed by atoms with E-state index >= 15 is 0 Å². The van der Waals surface area contributed by atoms with E-state index in [1.807, 2.05) is 55.5 Å². The summed E-state index contributed by atoms with van der Waals surface area (Å²) in [7, 11) is 0. The maximum Gasteiger partial charge on any atom is 0.250 e. The van der Waals surface area contributed by atoms with E-state index in [0.717, 1.165) is 24.2 Å². The van der Waals surface area contributed by atoms with Crippen LogP contribution in [-0.2, 0) is 11.2 Å². The average molecular weight is 307 g/mol. The van der Waals surface area contributed by atoms with Crippen molar-refractivity contribution in [3.8, 4) is 5.75 Å². The van der Waals surface area contributed by atoms with E-state index in [2.05, 4.69) is 17.4 Å². The van der Waals surface area contributed by atoms with Crippen LogP contribution in [-0.4, -0.2) is 18.6 Å². The fourth-order valence-electron chi connectivity index (χ4n) is 2.66. The van der Waals surface area contributed by atoms with Crippen LogP contribution in [0.5, 0.6) is 5.75 Å². The molecule has 1 amide bonds. The number of fused-ring (bicyclic) bond motifs is 1. The Kier molecular flexibility index (Phi) is 4.77. The Bertz CT molecular complexity index is 707. The Morgan fingerprint density at radius 1 is 1.13 bits per heavy atom. The molecule has 3 nitrogen and oxygen atoms in total. The third-order valence-corrected chi connectivity index (χ3v) is 4.01. The Hall–Kier alpha value is -2.55. The first-order valence-corrected chi connectivity index (χ1v) is 7.99. The van der Waals surface area contributed by atoms with Crippen LogP contribution < -0.4 is 10.1 Å². The van der Waals surface area contributed by atoms with Crippen molar-refractivity contribution >= 4 is 12.0 Å². The lowest BCUT2D eigenvalue weighted by Gasteiger charge is -2.19. The van der Waals surface area contributed by atoms with Gasteiger partial charge in [-0.2, -0.15) is 0 Å². The number of benzene rings is 2. The predicted molar refractivity (Wildman–Crippen MR) is 92.3 cm³/mol. The minimum atomic E-state index is -0.0416. The smallest absolute Gasteiger partial charge is 0.250 e. The van der Waals surface area contributed by atoms with Crippen molar-refractivity contribution in [2.24, 2.45) is 0 Å². The van der Waals surface area contributed by atoms with Crippen LogP contribution in [0.4, 0.5) is 0 Å². The number of ether oxygens (including phenoxy) is 1. The van der Waals surface area contributed by atoms with Gasteiger partial charge in [0.15, 0.2) is 0 Å². The van der Waals surface area contributed by atoms with Gasteiger partial charge in [-0.15, -0.1) is 0 Å². The molecule has 23 heavy (non-hydrogen) atoms. The quantitative estimate of drug-likeness (QED) is 0.916. The number of hydrogen-bond acceptors (Lipinski definition) is 2. The van der Waals surface area contributed by atoms with Gasteiger partial charge >= 0.3 is 0 Å². The zero-order chi connectivity index (χ0) is 16.1. The molecule has 2 aromatic rings. The standard InChI is InChI=1S/C20H21NO2/c1-15(11-12-16-7-3-2-4-8-16)21-20(22)18-13-17-9-5-6-10-19(17)23-14-18/h2-10,13,15H,11-12,14H2,1H3,(H,21,22)/t15-/m1/s1. The van der Waals surface area contributed by atoms with Crippen LogP contribution in [0.3, 0.4) is 0 Å². The topological polar surface area (TPSA) is 38.3 Å². The normalized spacial score (nSPS) is 14.2. The lowest BCUT2D eigenvalue weighted by molar-refractivity contribution is -0.118. The number of carbonyl (C=O) groups excluding carboxylic acids is 1. The molecule has 0 radical (unpaired) electrons. The molecule has 1 N–H and O–H groups in total. The highest BCUT2D eigenvalue weighted by Gasteiger charge is 2.18. The van der Waals surface area contributed by atoms with Crippen LogP contribution in [0.1, 0.15) is 24.5 Å². The Morgan fingerprint density at radius 3 is 2.70 bits per heavy atom. The summed E-state index contributed by atoms with van der Waals surface area (Å²) < 4.78 is 5.64. The first-order valence-electron chi connectivity index (χ1n) is 7.99.